The van der Waals surface area contributed by atoms with Gasteiger partial charge < -0.3 is 5.32 Å². The molecular weight excluding hydrogens is 423 g/mol. The highest BCUT2D eigenvalue weighted by atomic mass is 35.5. The van der Waals surface area contributed by atoms with Crippen molar-refractivity contribution in [3.8, 4) is 5.69 Å². The van der Waals surface area contributed by atoms with Crippen molar-refractivity contribution >= 4 is 45.9 Å². The highest BCUT2D eigenvalue weighted by Gasteiger charge is 2.15. The van der Waals surface area contributed by atoms with Crippen LogP contribution in [0.25, 0.3) is 16.7 Å². The van der Waals surface area contributed by atoms with E-state index in [-0.39, 0.29) is 26.9 Å². The summed E-state index contributed by atoms with van der Waals surface area (Å²) in [7, 11) is 0. The number of hydrogen-bond acceptors (Lipinski definition) is 5. The molecule has 0 radical (unpaired) electrons. The van der Waals surface area contributed by atoms with E-state index in [4.69, 9.17) is 28.6 Å². The molecule has 7 nitrogen and oxygen atoms in total. The molecule has 1 aliphatic rings. The molecule has 2 aromatic carbocycles. The number of anilines is 2. The molecule has 5 rings (SSSR count). The molecule has 0 aliphatic heterocycles. The number of aromatic amines is 1. The lowest BCUT2D eigenvalue weighted by atomic mass is 10.1. The first-order chi connectivity index (χ1) is 14.5. The summed E-state index contributed by atoms with van der Waals surface area (Å²) < 4.78 is 1.12. The van der Waals surface area contributed by atoms with Crippen LogP contribution < -0.4 is 16.5 Å². The average Bonchev–Trinajstić information content (AvgIpc) is 3.18. The van der Waals surface area contributed by atoms with Crippen molar-refractivity contribution in [2.45, 2.75) is 19.3 Å². The zero-order valence-electron chi connectivity index (χ0n) is 15.7. The number of aromatic nitrogens is 4. The van der Waals surface area contributed by atoms with Gasteiger partial charge in [-0.1, -0.05) is 35.3 Å². The van der Waals surface area contributed by atoms with Crippen LogP contribution in [0.5, 0.6) is 0 Å². The fourth-order valence-corrected chi connectivity index (χ4v) is 4.35. The highest BCUT2D eigenvalue weighted by Crippen LogP contribution is 2.27. The van der Waals surface area contributed by atoms with Gasteiger partial charge in [-0.15, -0.1) is 0 Å². The summed E-state index contributed by atoms with van der Waals surface area (Å²) >= 11 is 12.5. The van der Waals surface area contributed by atoms with Crippen LogP contribution in [0.4, 0.5) is 11.6 Å². The van der Waals surface area contributed by atoms with Crippen LogP contribution in [0, 0.1) is 5.41 Å². The van der Waals surface area contributed by atoms with Crippen molar-refractivity contribution in [2.24, 2.45) is 0 Å². The second-order valence-electron chi connectivity index (χ2n) is 7.10. The maximum absolute atomic E-state index is 12.7. The lowest BCUT2D eigenvalue weighted by Crippen LogP contribution is -2.34. The Morgan fingerprint density at radius 3 is 2.67 bits per heavy atom. The van der Waals surface area contributed by atoms with Gasteiger partial charge in [-0.2, -0.15) is 4.98 Å². The van der Waals surface area contributed by atoms with Crippen LogP contribution in [0.2, 0.25) is 10.0 Å². The number of rotatable bonds is 3. The van der Waals surface area contributed by atoms with Crippen LogP contribution in [-0.4, -0.2) is 19.5 Å². The summed E-state index contributed by atoms with van der Waals surface area (Å²) in [5.74, 6) is 0.337. The first kappa shape index (κ1) is 18.8. The van der Waals surface area contributed by atoms with Crippen LogP contribution in [0.1, 0.15) is 17.5 Å². The molecule has 4 aromatic rings. The molecule has 2 heterocycles. The van der Waals surface area contributed by atoms with Gasteiger partial charge in [0.1, 0.15) is 5.49 Å². The molecule has 1 aliphatic carbocycles. The Kier molecular flexibility index (Phi) is 4.56. The molecule has 0 amide bonds. The first-order valence-electron chi connectivity index (χ1n) is 9.41. The number of aryl methyl sites for hydroxylation is 2. The molecule has 2 aromatic heterocycles. The normalized spacial score (nSPS) is 12.9. The van der Waals surface area contributed by atoms with Gasteiger partial charge in [0.15, 0.2) is 5.65 Å². The third-order valence-corrected chi connectivity index (χ3v) is 5.82. The first-order valence-corrected chi connectivity index (χ1v) is 10.2. The molecular formula is C21H16Cl2N6O. The smallest absolute Gasteiger partial charge is 0.324 e. The van der Waals surface area contributed by atoms with E-state index in [1.165, 1.54) is 23.7 Å². The van der Waals surface area contributed by atoms with E-state index >= 15 is 0 Å². The molecule has 0 atom stereocenters. The predicted octanol–water partition coefficient (Wildman–Crippen LogP) is 4.13. The van der Waals surface area contributed by atoms with Crippen molar-refractivity contribution in [1.29, 1.82) is 5.41 Å². The van der Waals surface area contributed by atoms with E-state index < -0.39 is 5.69 Å². The number of H-pyrrole nitrogens is 1. The van der Waals surface area contributed by atoms with Crippen LogP contribution in [0.3, 0.4) is 0 Å². The molecule has 0 fully saturated rings. The average molecular weight is 439 g/mol. The molecule has 0 saturated heterocycles. The van der Waals surface area contributed by atoms with Gasteiger partial charge in [0, 0.05) is 11.9 Å². The molecule has 150 valence electrons. The largest absolute Gasteiger partial charge is 0.333 e. The number of fused-ring (bicyclic) bond motifs is 2. The van der Waals surface area contributed by atoms with Crippen molar-refractivity contribution in [2.75, 3.05) is 5.32 Å². The number of benzene rings is 2. The number of para-hydroxylation sites is 1. The Morgan fingerprint density at radius 2 is 1.87 bits per heavy atom. The monoisotopic (exact) mass is 438 g/mol. The van der Waals surface area contributed by atoms with Crippen molar-refractivity contribution in [1.82, 2.24) is 19.5 Å². The summed E-state index contributed by atoms with van der Waals surface area (Å²) in [6, 6.07) is 11.1. The van der Waals surface area contributed by atoms with E-state index in [2.05, 4.69) is 32.4 Å². The number of halogens is 2. The molecule has 0 spiro atoms. The van der Waals surface area contributed by atoms with Crippen molar-refractivity contribution < 1.29 is 0 Å². The van der Waals surface area contributed by atoms with Gasteiger partial charge in [0.05, 0.1) is 21.1 Å². The molecule has 0 saturated carbocycles. The summed E-state index contributed by atoms with van der Waals surface area (Å²) in [4.78, 5) is 24.2. The minimum absolute atomic E-state index is 0.104. The molecule has 0 bridgehead atoms. The van der Waals surface area contributed by atoms with Gasteiger partial charge in [0.2, 0.25) is 5.95 Å². The summed E-state index contributed by atoms with van der Waals surface area (Å²) in [5, 5.41) is 12.6. The van der Waals surface area contributed by atoms with Crippen LogP contribution in [-0.2, 0) is 12.8 Å². The van der Waals surface area contributed by atoms with Gasteiger partial charge in [0.25, 0.3) is 0 Å². The Hall–Kier alpha value is -3.16. The Balaban J connectivity index is 1.58. The van der Waals surface area contributed by atoms with Gasteiger partial charge in [-0.3, -0.25) is 10.4 Å². The van der Waals surface area contributed by atoms with Gasteiger partial charge in [-0.25, -0.2) is 14.3 Å². The fraction of sp³-hybridized carbons (Fsp3) is 0.143. The molecule has 3 N–H and O–H groups in total. The quantitative estimate of drug-likeness (QED) is 0.447. The lowest BCUT2D eigenvalue weighted by molar-refractivity contribution is 0.854. The Labute approximate surface area is 180 Å². The number of nitrogens with one attached hydrogen (secondary N) is 3. The van der Waals surface area contributed by atoms with Crippen molar-refractivity contribution in [3.05, 3.63) is 79.7 Å². The fourth-order valence-electron chi connectivity index (χ4n) is 3.78. The standard InChI is InChI=1S/C21H16Cl2N6O/c22-15-5-2-6-16(23)17(15)29-18(24)14-10-25-20(27-19(14)28-21(29)30)26-13-8-7-11-3-1-4-12(11)9-13/h2,5-10,24H,1,3-4H2,(H2,25,26,27,28,30). The second kappa shape index (κ2) is 7.27. The highest BCUT2D eigenvalue weighted by molar-refractivity contribution is 6.37. The van der Waals surface area contributed by atoms with E-state index in [1.807, 2.05) is 6.07 Å². The van der Waals surface area contributed by atoms with E-state index in [1.54, 1.807) is 18.2 Å². The summed E-state index contributed by atoms with van der Waals surface area (Å²) in [6.45, 7) is 0. The van der Waals surface area contributed by atoms with E-state index in [0.717, 1.165) is 23.1 Å². The maximum Gasteiger partial charge on any atom is 0.333 e. The van der Waals surface area contributed by atoms with Crippen LogP contribution in [0.15, 0.2) is 47.4 Å². The van der Waals surface area contributed by atoms with Crippen molar-refractivity contribution in [3.63, 3.8) is 0 Å². The molecule has 30 heavy (non-hydrogen) atoms. The van der Waals surface area contributed by atoms with Gasteiger partial charge >= 0.3 is 5.69 Å². The van der Waals surface area contributed by atoms with E-state index in [0.29, 0.717) is 11.3 Å². The second-order valence-corrected chi connectivity index (χ2v) is 7.92. The maximum atomic E-state index is 12.7. The Bertz CT molecular complexity index is 1410. The van der Waals surface area contributed by atoms with Gasteiger partial charge in [-0.05, 0) is 54.7 Å². The predicted molar refractivity (Wildman–Crippen MR) is 117 cm³/mol. The minimum atomic E-state index is -0.565. The zero-order valence-corrected chi connectivity index (χ0v) is 17.2. The lowest BCUT2D eigenvalue weighted by Gasteiger charge is -2.12. The van der Waals surface area contributed by atoms with E-state index in [9.17, 15) is 4.79 Å². The zero-order chi connectivity index (χ0) is 20.8. The minimum Gasteiger partial charge on any atom is -0.324 e. The summed E-state index contributed by atoms with van der Waals surface area (Å²) in [6.07, 6.45) is 4.86. The topological polar surface area (TPSA) is 99.5 Å². The third-order valence-electron chi connectivity index (χ3n) is 5.21. The Morgan fingerprint density at radius 1 is 1.10 bits per heavy atom. The number of hydrogen-bond donors (Lipinski definition) is 3. The summed E-state index contributed by atoms with van der Waals surface area (Å²) in [5.41, 5.74) is 3.43. The van der Waals surface area contributed by atoms with Crippen LogP contribution >= 0.6 is 23.2 Å². The third kappa shape index (κ3) is 3.16. The molecule has 0 unspecified atom stereocenters. The SMILES string of the molecule is N=c1c2cnc(Nc3ccc4c(c3)CCC4)nc2[nH]c(=O)n1-c1c(Cl)cccc1Cl. The number of nitrogens with zero attached hydrogens (tertiary/aromatic N) is 3. The molecule has 9 heteroatoms.